The average molecular weight is 406 g/mol. The molecule has 0 aliphatic rings. The van der Waals surface area contributed by atoms with Gasteiger partial charge in [-0.2, -0.15) is 5.10 Å². The highest BCUT2D eigenvalue weighted by Gasteiger charge is 2.17. The SMILES string of the molecule is Cc1cc(-c2nc(-c3cccc4c5ccccc5p(C)c34)nc3ccccc23)n[nH]1. The number of aryl methyl sites for hydroxylation is 2. The summed E-state index contributed by atoms with van der Waals surface area (Å²) in [4.78, 5) is 10.0. The zero-order chi connectivity index (χ0) is 20.2. The van der Waals surface area contributed by atoms with Crippen LogP contribution in [0.1, 0.15) is 5.69 Å². The molecule has 0 saturated carbocycles. The monoisotopic (exact) mass is 406 g/mol. The van der Waals surface area contributed by atoms with E-state index in [1.54, 1.807) is 0 Å². The first-order valence-electron chi connectivity index (χ1n) is 9.96. The number of benzene rings is 3. The lowest BCUT2D eigenvalue weighted by atomic mass is 10.1. The third kappa shape index (κ3) is 2.51. The second kappa shape index (κ2) is 6.51. The molecule has 0 bridgehead atoms. The number of fused-ring (bicyclic) bond motifs is 4. The quantitative estimate of drug-likeness (QED) is 0.343. The second-order valence-corrected chi connectivity index (χ2v) is 9.67. The molecule has 1 atom stereocenters. The van der Waals surface area contributed by atoms with Crippen LogP contribution in [0.3, 0.4) is 0 Å². The van der Waals surface area contributed by atoms with Gasteiger partial charge in [-0.1, -0.05) is 60.7 Å². The number of hydrogen-bond acceptors (Lipinski definition) is 3. The number of nitrogens with one attached hydrogen (secondary N) is 1. The predicted octanol–water partition coefficient (Wildman–Crippen LogP) is 6.83. The van der Waals surface area contributed by atoms with Crippen molar-refractivity contribution in [3.05, 3.63) is 78.5 Å². The zero-order valence-electron chi connectivity index (χ0n) is 16.7. The summed E-state index contributed by atoms with van der Waals surface area (Å²) in [5, 5.41) is 14.0. The molecule has 30 heavy (non-hydrogen) atoms. The lowest BCUT2D eigenvalue weighted by molar-refractivity contribution is 1.04. The normalized spacial score (nSPS) is 12.3. The van der Waals surface area contributed by atoms with Gasteiger partial charge in [-0.3, -0.25) is 5.10 Å². The van der Waals surface area contributed by atoms with E-state index in [4.69, 9.17) is 9.97 Å². The highest BCUT2D eigenvalue weighted by atomic mass is 31.1. The Morgan fingerprint density at radius 2 is 1.57 bits per heavy atom. The highest BCUT2D eigenvalue weighted by molar-refractivity contribution is 7.60. The van der Waals surface area contributed by atoms with Crippen molar-refractivity contribution in [2.24, 2.45) is 6.66 Å². The summed E-state index contributed by atoms with van der Waals surface area (Å²) in [6.07, 6.45) is 0. The van der Waals surface area contributed by atoms with Gasteiger partial charge in [-0.15, -0.1) is 7.53 Å². The maximum absolute atomic E-state index is 5.05. The van der Waals surface area contributed by atoms with Crippen LogP contribution in [0.25, 0.3) is 54.7 Å². The molecular formula is C25H19N4P. The molecule has 144 valence electrons. The van der Waals surface area contributed by atoms with Crippen molar-refractivity contribution in [3.63, 3.8) is 0 Å². The minimum Gasteiger partial charge on any atom is -0.282 e. The number of rotatable bonds is 2. The topological polar surface area (TPSA) is 54.5 Å². The van der Waals surface area contributed by atoms with Gasteiger partial charge in [0.25, 0.3) is 0 Å². The van der Waals surface area contributed by atoms with Gasteiger partial charge < -0.3 is 0 Å². The molecule has 0 aliphatic carbocycles. The molecule has 4 nitrogen and oxygen atoms in total. The Balaban J connectivity index is 1.71. The summed E-state index contributed by atoms with van der Waals surface area (Å²) in [5.41, 5.74) is 4.79. The number of aromatic nitrogens is 4. The Morgan fingerprint density at radius 3 is 2.40 bits per heavy atom. The van der Waals surface area contributed by atoms with E-state index in [-0.39, 0.29) is 0 Å². The van der Waals surface area contributed by atoms with Crippen molar-refractivity contribution in [2.45, 2.75) is 6.92 Å². The smallest absolute Gasteiger partial charge is 0.161 e. The van der Waals surface area contributed by atoms with Gasteiger partial charge in [0.15, 0.2) is 5.82 Å². The highest BCUT2D eigenvalue weighted by Crippen LogP contribution is 2.50. The summed E-state index contributed by atoms with van der Waals surface area (Å²) >= 11 is 0. The van der Waals surface area contributed by atoms with Crippen LogP contribution in [-0.2, 0) is 6.66 Å². The fourth-order valence-electron chi connectivity index (χ4n) is 4.35. The van der Waals surface area contributed by atoms with E-state index >= 15 is 0 Å². The van der Waals surface area contributed by atoms with E-state index in [1.165, 1.54) is 21.0 Å². The van der Waals surface area contributed by atoms with E-state index in [9.17, 15) is 0 Å². The maximum Gasteiger partial charge on any atom is 0.161 e. The summed E-state index contributed by atoms with van der Waals surface area (Å²) in [7, 11) is -0.446. The molecule has 0 fully saturated rings. The van der Waals surface area contributed by atoms with Gasteiger partial charge in [0.1, 0.15) is 11.4 Å². The van der Waals surface area contributed by atoms with Crippen LogP contribution in [0, 0.1) is 6.92 Å². The van der Waals surface area contributed by atoms with Crippen LogP contribution >= 0.6 is 7.53 Å². The van der Waals surface area contributed by atoms with Gasteiger partial charge in [-0.05, 0) is 36.5 Å². The Kier molecular flexibility index (Phi) is 3.77. The summed E-state index contributed by atoms with van der Waals surface area (Å²) in [6.45, 7) is 4.34. The fraction of sp³-hybridized carbons (Fsp3) is 0.0800. The van der Waals surface area contributed by atoms with Crippen LogP contribution in [-0.4, -0.2) is 20.2 Å². The summed E-state index contributed by atoms with van der Waals surface area (Å²) < 4.78 is 0. The van der Waals surface area contributed by atoms with E-state index in [0.29, 0.717) is 0 Å². The number of para-hydroxylation sites is 1. The minimum atomic E-state index is -0.446. The maximum atomic E-state index is 5.05. The van der Waals surface area contributed by atoms with Crippen molar-refractivity contribution in [1.82, 2.24) is 20.2 Å². The fourth-order valence-corrected chi connectivity index (χ4v) is 6.55. The van der Waals surface area contributed by atoms with Crippen molar-refractivity contribution >= 4 is 39.4 Å². The Morgan fingerprint density at radius 1 is 0.800 bits per heavy atom. The van der Waals surface area contributed by atoms with Crippen LogP contribution in [0.2, 0.25) is 0 Å². The molecular weight excluding hydrogens is 387 g/mol. The van der Waals surface area contributed by atoms with Gasteiger partial charge >= 0.3 is 0 Å². The lowest BCUT2D eigenvalue weighted by Crippen LogP contribution is -1.95. The molecule has 3 aromatic heterocycles. The average Bonchev–Trinajstić information content (AvgIpc) is 3.35. The van der Waals surface area contributed by atoms with Crippen molar-refractivity contribution in [2.75, 3.05) is 0 Å². The molecule has 0 amide bonds. The molecule has 3 aromatic carbocycles. The van der Waals surface area contributed by atoms with Crippen molar-refractivity contribution < 1.29 is 0 Å². The molecule has 0 spiro atoms. The van der Waals surface area contributed by atoms with Crippen LogP contribution < -0.4 is 0 Å². The molecule has 1 N–H and O–H groups in total. The number of H-pyrrole nitrogens is 1. The molecule has 0 aliphatic heterocycles. The molecule has 6 aromatic rings. The van der Waals surface area contributed by atoms with E-state index in [2.05, 4.69) is 71.5 Å². The number of aromatic amines is 1. The number of hydrogen-bond donors (Lipinski definition) is 1. The van der Waals surface area contributed by atoms with Crippen molar-refractivity contribution in [3.8, 4) is 22.8 Å². The molecule has 0 saturated heterocycles. The first kappa shape index (κ1) is 17.4. The van der Waals surface area contributed by atoms with Gasteiger partial charge in [0, 0.05) is 26.9 Å². The summed E-state index contributed by atoms with van der Waals surface area (Å²) in [6, 6.07) is 25.4. The minimum absolute atomic E-state index is 0.446. The molecule has 5 heteroatoms. The van der Waals surface area contributed by atoms with E-state index < -0.39 is 7.53 Å². The molecule has 0 radical (unpaired) electrons. The van der Waals surface area contributed by atoms with Gasteiger partial charge in [0.2, 0.25) is 0 Å². The van der Waals surface area contributed by atoms with Gasteiger partial charge in [0.05, 0.1) is 5.52 Å². The first-order chi connectivity index (χ1) is 14.7. The first-order valence-corrected chi connectivity index (χ1v) is 11.8. The third-order valence-electron chi connectivity index (χ3n) is 5.72. The van der Waals surface area contributed by atoms with E-state index in [0.717, 1.165) is 39.4 Å². The molecule has 3 heterocycles. The standard InChI is InChI=1S/C25H19N4P/c1-15-14-21(29-28-15)23-18-9-3-5-12-20(18)26-25(27-23)19-11-7-10-17-16-8-4-6-13-22(16)30(2)24(17)19/h3-14H,1-2H3,(H,28,29). The Hall–Kier alpha value is -3.49. The van der Waals surface area contributed by atoms with Crippen LogP contribution in [0.15, 0.2) is 72.8 Å². The van der Waals surface area contributed by atoms with E-state index in [1.807, 2.05) is 25.1 Å². The number of nitrogens with zero attached hydrogens (tertiary/aromatic N) is 3. The summed E-state index contributed by atoms with van der Waals surface area (Å²) in [5.74, 6) is 0.767. The largest absolute Gasteiger partial charge is 0.282 e. The predicted molar refractivity (Wildman–Crippen MR) is 126 cm³/mol. The molecule has 6 rings (SSSR count). The second-order valence-electron chi connectivity index (χ2n) is 7.63. The zero-order valence-corrected chi connectivity index (χ0v) is 17.6. The van der Waals surface area contributed by atoms with Crippen molar-refractivity contribution in [1.29, 1.82) is 0 Å². The van der Waals surface area contributed by atoms with Crippen LogP contribution in [0.5, 0.6) is 0 Å². The molecule has 1 unspecified atom stereocenters. The Labute approximate surface area is 174 Å². The van der Waals surface area contributed by atoms with Gasteiger partial charge in [-0.25, -0.2) is 9.97 Å². The Bertz CT molecular complexity index is 1580. The lowest BCUT2D eigenvalue weighted by Gasteiger charge is -2.09. The third-order valence-corrected chi connectivity index (χ3v) is 7.99. The van der Waals surface area contributed by atoms with Crippen LogP contribution in [0.4, 0.5) is 0 Å².